The van der Waals surface area contributed by atoms with Crippen LogP contribution in [0.1, 0.15) is 6.92 Å². The summed E-state index contributed by atoms with van der Waals surface area (Å²) in [4.78, 5) is 14.9. The van der Waals surface area contributed by atoms with Crippen LogP contribution < -0.4 is 10.6 Å². The molecule has 17 heavy (non-hydrogen) atoms. The van der Waals surface area contributed by atoms with E-state index in [-0.39, 0.29) is 12.8 Å². The summed E-state index contributed by atoms with van der Waals surface area (Å²) < 4.78 is 0. The Balaban J connectivity index is 1.73. The molecule has 0 aromatic heterocycles. The lowest BCUT2D eigenvalue weighted by molar-refractivity contribution is -0.138. The molecule has 6 heteroatoms. The topological polar surface area (TPSA) is 67.8 Å². The molecule has 2 saturated heterocycles. The summed E-state index contributed by atoms with van der Waals surface area (Å²) in [6, 6.07) is 0. The molecular formula is C11H22N4O2. The number of carbonyl (C=O) groups is 1. The van der Waals surface area contributed by atoms with Gasteiger partial charge in [0.25, 0.3) is 0 Å². The first kappa shape index (κ1) is 12.8. The van der Waals surface area contributed by atoms with E-state index in [9.17, 15) is 4.79 Å². The summed E-state index contributed by atoms with van der Waals surface area (Å²) in [5, 5.41) is 15.7. The Morgan fingerprint density at radius 2 is 1.82 bits per heavy atom. The first-order chi connectivity index (χ1) is 8.15. The normalized spacial score (nSPS) is 32.5. The summed E-state index contributed by atoms with van der Waals surface area (Å²) in [7, 11) is 0. The highest BCUT2D eigenvalue weighted by Gasteiger charge is 2.26. The van der Waals surface area contributed by atoms with E-state index in [1.165, 1.54) is 0 Å². The van der Waals surface area contributed by atoms with Crippen molar-refractivity contribution in [3.05, 3.63) is 0 Å². The van der Waals surface area contributed by atoms with Crippen LogP contribution in [0, 0.1) is 5.92 Å². The van der Waals surface area contributed by atoms with E-state index in [0.29, 0.717) is 5.92 Å². The average Bonchev–Trinajstić information content (AvgIpc) is 2.30. The number of carboxylic acid groups (broad SMARTS) is 1. The first-order valence-electron chi connectivity index (χ1n) is 6.30. The molecule has 0 amide bonds. The lowest BCUT2D eigenvalue weighted by atomic mass is 10.1. The van der Waals surface area contributed by atoms with E-state index in [2.05, 4.69) is 22.5 Å². The van der Waals surface area contributed by atoms with Crippen molar-refractivity contribution in [2.24, 2.45) is 5.92 Å². The van der Waals surface area contributed by atoms with Crippen LogP contribution in [0.25, 0.3) is 0 Å². The van der Waals surface area contributed by atoms with Gasteiger partial charge in [0.2, 0.25) is 0 Å². The molecule has 0 bridgehead atoms. The smallest absolute Gasteiger partial charge is 0.317 e. The maximum atomic E-state index is 10.6. The highest BCUT2D eigenvalue weighted by Crippen LogP contribution is 2.07. The van der Waals surface area contributed by atoms with Gasteiger partial charge in [-0.05, 0) is 5.92 Å². The zero-order valence-electron chi connectivity index (χ0n) is 10.4. The number of piperazine rings is 1. The zero-order valence-corrected chi connectivity index (χ0v) is 10.4. The predicted molar refractivity (Wildman–Crippen MR) is 64.6 cm³/mol. The maximum Gasteiger partial charge on any atom is 0.317 e. The summed E-state index contributed by atoms with van der Waals surface area (Å²) in [5.74, 6) is -0.0549. The first-order valence-corrected chi connectivity index (χ1v) is 6.30. The highest BCUT2D eigenvalue weighted by molar-refractivity contribution is 5.69. The summed E-state index contributed by atoms with van der Waals surface area (Å²) in [6.07, 6.45) is 0.262. The molecule has 0 aliphatic carbocycles. The monoisotopic (exact) mass is 242 g/mol. The third-order valence-corrected chi connectivity index (χ3v) is 3.45. The fraction of sp³-hybridized carbons (Fsp3) is 0.909. The van der Waals surface area contributed by atoms with Crippen molar-refractivity contribution in [3.63, 3.8) is 0 Å². The van der Waals surface area contributed by atoms with E-state index >= 15 is 0 Å². The summed E-state index contributed by atoms with van der Waals surface area (Å²) in [5.41, 5.74) is 0. The number of rotatable bonds is 3. The SMILES string of the molecule is CC1CNC(N2CCN(CC(=O)O)CC2)NC1. The second-order valence-electron chi connectivity index (χ2n) is 5.03. The van der Waals surface area contributed by atoms with Crippen LogP contribution >= 0.6 is 0 Å². The minimum absolute atomic E-state index is 0.163. The molecule has 0 spiro atoms. The quantitative estimate of drug-likeness (QED) is 0.578. The lowest BCUT2D eigenvalue weighted by Crippen LogP contribution is -2.64. The molecule has 0 atom stereocenters. The Labute approximate surface area is 102 Å². The molecule has 98 valence electrons. The van der Waals surface area contributed by atoms with Crippen molar-refractivity contribution >= 4 is 5.97 Å². The number of carboxylic acids is 1. The van der Waals surface area contributed by atoms with E-state index < -0.39 is 5.97 Å². The molecule has 6 nitrogen and oxygen atoms in total. The Hall–Kier alpha value is -0.690. The van der Waals surface area contributed by atoms with E-state index in [1.54, 1.807) is 0 Å². The Morgan fingerprint density at radius 3 is 2.35 bits per heavy atom. The molecule has 2 rings (SSSR count). The number of hydrogen-bond donors (Lipinski definition) is 3. The van der Waals surface area contributed by atoms with Gasteiger partial charge in [-0.1, -0.05) is 6.92 Å². The van der Waals surface area contributed by atoms with E-state index in [4.69, 9.17) is 5.11 Å². The number of nitrogens with zero attached hydrogens (tertiary/aromatic N) is 2. The van der Waals surface area contributed by atoms with Crippen LogP contribution in [0.5, 0.6) is 0 Å². The van der Waals surface area contributed by atoms with Crippen molar-refractivity contribution in [2.45, 2.75) is 13.2 Å². The second kappa shape index (κ2) is 5.77. The fourth-order valence-electron chi connectivity index (χ4n) is 2.40. The van der Waals surface area contributed by atoms with Crippen molar-refractivity contribution in [3.8, 4) is 0 Å². The number of hydrogen-bond acceptors (Lipinski definition) is 5. The fourth-order valence-corrected chi connectivity index (χ4v) is 2.40. The lowest BCUT2D eigenvalue weighted by Gasteiger charge is -2.42. The minimum Gasteiger partial charge on any atom is -0.480 e. The molecule has 0 saturated carbocycles. The van der Waals surface area contributed by atoms with Gasteiger partial charge in [-0.2, -0.15) is 0 Å². The van der Waals surface area contributed by atoms with Gasteiger partial charge in [-0.25, -0.2) is 0 Å². The van der Waals surface area contributed by atoms with E-state index in [1.807, 2.05) is 4.90 Å². The van der Waals surface area contributed by atoms with Crippen LogP contribution in [0.4, 0.5) is 0 Å². The van der Waals surface area contributed by atoms with Crippen LogP contribution in [0.2, 0.25) is 0 Å². The minimum atomic E-state index is -0.735. The molecule has 2 aliphatic rings. The molecule has 3 N–H and O–H groups in total. The third kappa shape index (κ3) is 3.64. The van der Waals surface area contributed by atoms with Crippen LogP contribution in [0.15, 0.2) is 0 Å². The van der Waals surface area contributed by atoms with Crippen molar-refractivity contribution in [1.82, 2.24) is 20.4 Å². The van der Waals surface area contributed by atoms with Crippen molar-refractivity contribution in [2.75, 3.05) is 45.8 Å². The standard InChI is InChI=1S/C11H22N4O2/c1-9-6-12-11(13-7-9)15-4-2-14(3-5-15)8-10(16)17/h9,11-13H,2-8H2,1H3,(H,16,17). The summed E-state index contributed by atoms with van der Waals surface area (Å²) in [6.45, 7) is 8.00. The molecule has 0 aromatic rings. The van der Waals surface area contributed by atoms with Gasteiger partial charge < -0.3 is 5.11 Å². The second-order valence-corrected chi connectivity index (χ2v) is 5.03. The van der Waals surface area contributed by atoms with Gasteiger partial charge in [-0.15, -0.1) is 0 Å². The Morgan fingerprint density at radius 1 is 1.24 bits per heavy atom. The van der Waals surface area contributed by atoms with Gasteiger partial charge in [-0.3, -0.25) is 25.2 Å². The maximum absolute atomic E-state index is 10.6. The molecular weight excluding hydrogens is 220 g/mol. The zero-order chi connectivity index (χ0) is 12.3. The molecule has 2 aliphatic heterocycles. The Bertz CT molecular complexity index is 258. The molecule has 0 unspecified atom stereocenters. The molecule has 2 fully saturated rings. The number of aliphatic carboxylic acids is 1. The van der Waals surface area contributed by atoms with Gasteiger partial charge in [0.15, 0.2) is 0 Å². The van der Waals surface area contributed by atoms with Crippen molar-refractivity contribution in [1.29, 1.82) is 0 Å². The molecule has 0 radical (unpaired) electrons. The predicted octanol–water partition coefficient (Wildman–Crippen LogP) is -1.20. The highest BCUT2D eigenvalue weighted by atomic mass is 16.4. The van der Waals surface area contributed by atoms with Gasteiger partial charge >= 0.3 is 5.97 Å². The van der Waals surface area contributed by atoms with Crippen LogP contribution in [-0.4, -0.2) is 73.0 Å². The largest absolute Gasteiger partial charge is 0.480 e. The van der Waals surface area contributed by atoms with E-state index in [0.717, 1.165) is 39.3 Å². The van der Waals surface area contributed by atoms with Gasteiger partial charge in [0, 0.05) is 39.3 Å². The van der Waals surface area contributed by atoms with Gasteiger partial charge in [0.05, 0.1) is 6.54 Å². The molecule has 0 aromatic carbocycles. The van der Waals surface area contributed by atoms with Crippen molar-refractivity contribution < 1.29 is 9.90 Å². The van der Waals surface area contributed by atoms with Crippen LogP contribution in [-0.2, 0) is 4.79 Å². The molecule has 2 heterocycles. The van der Waals surface area contributed by atoms with Crippen LogP contribution in [0.3, 0.4) is 0 Å². The number of nitrogens with one attached hydrogen (secondary N) is 2. The summed E-state index contributed by atoms with van der Waals surface area (Å²) >= 11 is 0. The third-order valence-electron chi connectivity index (χ3n) is 3.45. The Kier molecular flexibility index (Phi) is 4.33. The average molecular weight is 242 g/mol. The van der Waals surface area contributed by atoms with Gasteiger partial charge in [0.1, 0.15) is 6.29 Å².